The van der Waals surface area contributed by atoms with Crippen LogP contribution >= 0.6 is 0 Å². The fourth-order valence-electron chi connectivity index (χ4n) is 1.02. The van der Waals surface area contributed by atoms with Gasteiger partial charge in [0.15, 0.2) is 0 Å². The molecule has 0 amide bonds. The number of aliphatic hydroxyl groups excluding tert-OH is 1. The zero-order valence-corrected chi connectivity index (χ0v) is 7.81. The third kappa shape index (κ3) is 2.87. The Labute approximate surface area is 77.2 Å². The molecule has 0 bridgehead atoms. The lowest BCUT2D eigenvalue weighted by Crippen LogP contribution is -2.27. The highest BCUT2D eigenvalue weighted by Crippen LogP contribution is 2.07. The number of aliphatic hydroxyl groups is 1. The minimum Gasteiger partial charge on any atom is -0.392 e. The molecule has 0 aliphatic rings. The van der Waals surface area contributed by atoms with Crippen molar-refractivity contribution in [2.24, 2.45) is 0 Å². The number of rotatable bonds is 3. The van der Waals surface area contributed by atoms with Crippen LogP contribution in [-0.2, 0) is 0 Å². The van der Waals surface area contributed by atoms with Gasteiger partial charge in [0.05, 0.1) is 18.5 Å². The van der Waals surface area contributed by atoms with Gasteiger partial charge in [-0.05, 0) is 6.92 Å². The molecule has 5 nitrogen and oxygen atoms in total. The maximum absolute atomic E-state index is 9.12. The van der Waals surface area contributed by atoms with Crippen molar-refractivity contribution in [2.45, 2.75) is 13.0 Å². The largest absolute Gasteiger partial charge is 0.392 e. The highest BCUT2D eigenvalue weighted by molar-refractivity contribution is 5.38. The van der Waals surface area contributed by atoms with Crippen molar-refractivity contribution >= 4 is 11.6 Å². The number of likely N-dealkylation sites (N-methyl/N-ethyl adjacent to an activating group) is 1. The van der Waals surface area contributed by atoms with Crippen LogP contribution in [-0.4, -0.2) is 34.8 Å². The molecule has 0 aromatic carbocycles. The molecule has 0 fully saturated rings. The average Bonchev–Trinajstić information content (AvgIpc) is 2.04. The molecule has 0 spiro atoms. The van der Waals surface area contributed by atoms with Crippen LogP contribution < -0.4 is 10.6 Å². The first-order chi connectivity index (χ1) is 6.09. The van der Waals surface area contributed by atoms with Crippen LogP contribution in [0.15, 0.2) is 12.4 Å². The minimum atomic E-state index is -0.385. The Balaban J connectivity index is 2.66. The van der Waals surface area contributed by atoms with Crippen LogP contribution in [0.5, 0.6) is 0 Å². The highest BCUT2D eigenvalue weighted by atomic mass is 16.3. The van der Waals surface area contributed by atoms with Gasteiger partial charge in [-0.3, -0.25) is 0 Å². The molecule has 0 radical (unpaired) electrons. The van der Waals surface area contributed by atoms with Crippen molar-refractivity contribution in [1.82, 2.24) is 9.97 Å². The molecule has 3 N–H and O–H groups in total. The molecule has 1 heterocycles. The predicted octanol–water partition coefficient (Wildman–Crippen LogP) is -0.124. The van der Waals surface area contributed by atoms with Crippen LogP contribution in [0.3, 0.4) is 0 Å². The molecule has 1 unspecified atom stereocenters. The molecule has 1 atom stereocenters. The second-order valence-electron chi connectivity index (χ2n) is 3.03. The molecule has 0 saturated carbocycles. The first-order valence-corrected chi connectivity index (χ1v) is 4.06. The van der Waals surface area contributed by atoms with E-state index in [1.165, 1.54) is 6.20 Å². The quantitative estimate of drug-likeness (QED) is 0.681. The van der Waals surface area contributed by atoms with E-state index in [4.69, 9.17) is 10.8 Å². The Hall–Kier alpha value is -1.36. The molecule has 0 aliphatic heterocycles. The molecular formula is C8H14N4O. The van der Waals surface area contributed by atoms with Crippen molar-refractivity contribution in [2.75, 3.05) is 24.2 Å². The van der Waals surface area contributed by atoms with E-state index in [1.54, 1.807) is 13.1 Å². The van der Waals surface area contributed by atoms with E-state index in [2.05, 4.69) is 9.97 Å². The van der Waals surface area contributed by atoms with Gasteiger partial charge in [0.1, 0.15) is 11.6 Å². The summed E-state index contributed by atoms with van der Waals surface area (Å²) in [6, 6.07) is 0. The number of hydrogen-bond donors (Lipinski definition) is 2. The van der Waals surface area contributed by atoms with Crippen molar-refractivity contribution < 1.29 is 5.11 Å². The van der Waals surface area contributed by atoms with Crippen molar-refractivity contribution in [1.29, 1.82) is 0 Å². The smallest absolute Gasteiger partial charge is 0.147 e. The van der Waals surface area contributed by atoms with E-state index in [1.807, 2.05) is 11.9 Å². The van der Waals surface area contributed by atoms with Gasteiger partial charge in [-0.15, -0.1) is 0 Å². The summed E-state index contributed by atoms with van der Waals surface area (Å²) in [5.74, 6) is 1.10. The summed E-state index contributed by atoms with van der Waals surface area (Å²) in [6.07, 6.45) is 2.69. The monoisotopic (exact) mass is 182 g/mol. The van der Waals surface area contributed by atoms with Crippen LogP contribution in [0.4, 0.5) is 11.6 Å². The number of aromatic nitrogens is 2. The van der Waals surface area contributed by atoms with Crippen molar-refractivity contribution in [3.63, 3.8) is 0 Å². The molecule has 13 heavy (non-hydrogen) atoms. The number of nitrogen functional groups attached to an aromatic ring is 1. The lowest BCUT2D eigenvalue weighted by atomic mass is 10.4. The van der Waals surface area contributed by atoms with Crippen molar-refractivity contribution in [3.05, 3.63) is 12.4 Å². The zero-order chi connectivity index (χ0) is 9.84. The molecule has 0 saturated heterocycles. The maximum Gasteiger partial charge on any atom is 0.147 e. The second kappa shape index (κ2) is 4.04. The van der Waals surface area contributed by atoms with Crippen molar-refractivity contribution in [3.8, 4) is 0 Å². The van der Waals surface area contributed by atoms with Crippen LogP contribution in [0.2, 0.25) is 0 Å². The molecule has 1 aromatic heterocycles. The summed E-state index contributed by atoms with van der Waals surface area (Å²) in [6.45, 7) is 2.25. The summed E-state index contributed by atoms with van der Waals surface area (Å²) in [4.78, 5) is 9.77. The third-order valence-electron chi connectivity index (χ3n) is 1.59. The van der Waals surface area contributed by atoms with E-state index in [0.29, 0.717) is 18.2 Å². The number of nitrogens with zero attached hydrogens (tertiary/aromatic N) is 3. The predicted molar refractivity (Wildman–Crippen MR) is 51.4 cm³/mol. The Morgan fingerprint density at radius 1 is 1.54 bits per heavy atom. The van der Waals surface area contributed by atoms with E-state index in [0.717, 1.165) is 0 Å². The molecule has 1 rings (SSSR count). The van der Waals surface area contributed by atoms with Gasteiger partial charge in [-0.25, -0.2) is 9.97 Å². The van der Waals surface area contributed by atoms with Gasteiger partial charge in [-0.1, -0.05) is 0 Å². The van der Waals surface area contributed by atoms with Gasteiger partial charge in [0, 0.05) is 13.6 Å². The zero-order valence-electron chi connectivity index (χ0n) is 7.81. The molecule has 1 aromatic rings. The Kier molecular flexibility index (Phi) is 3.02. The lowest BCUT2D eigenvalue weighted by molar-refractivity contribution is 0.201. The van der Waals surface area contributed by atoms with E-state index in [-0.39, 0.29) is 6.10 Å². The summed E-state index contributed by atoms with van der Waals surface area (Å²) in [5.41, 5.74) is 5.39. The topological polar surface area (TPSA) is 75.3 Å². The van der Waals surface area contributed by atoms with E-state index < -0.39 is 0 Å². The molecule has 0 aliphatic carbocycles. The molecule has 5 heteroatoms. The minimum absolute atomic E-state index is 0.385. The standard InChI is InChI=1S/C8H14N4O/c1-6(13)5-12(2)8-4-10-7(9)3-11-8/h3-4,6,13H,5H2,1-2H3,(H2,9,10). The third-order valence-corrected chi connectivity index (χ3v) is 1.59. The average molecular weight is 182 g/mol. The van der Waals surface area contributed by atoms with Gasteiger partial charge in [0.2, 0.25) is 0 Å². The number of nitrogens with two attached hydrogens (primary N) is 1. The fourth-order valence-corrected chi connectivity index (χ4v) is 1.02. The Morgan fingerprint density at radius 3 is 2.69 bits per heavy atom. The number of anilines is 2. The fraction of sp³-hybridized carbons (Fsp3) is 0.500. The molecular weight excluding hydrogens is 168 g/mol. The second-order valence-corrected chi connectivity index (χ2v) is 3.03. The Morgan fingerprint density at radius 2 is 2.23 bits per heavy atom. The highest BCUT2D eigenvalue weighted by Gasteiger charge is 2.05. The van der Waals surface area contributed by atoms with E-state index >= 15 is 0 Å². The van der Waals surface area contributed by atoms with Gasteiger partial charge < -0.3 is 15.7 Å². The normalized spacial score (nSPS) is 12.5. The van der Waals surface area contributed by atoms with Crippen LogP contribution in [0.25, 0.3) is 0 Å². The van der Waals surface area contributed by atoms with Gasteiger partial charge in [0.25, 0.3) is 0 Å². The lowest BCUT2D eigenvalue weighted by Gasteiger charge is -2.18. The summed E-state index contributed by atoms with van der Waals surface area (Å²) < 4.78 is 0. The number of hydrogen-bond acceptors (Lipinski definition) is 5. The van der Waals surface area contributed by atoms with Crippen LogP contribution in [0, 0.1) is 0 Å². The van der Waals surface area contributed by atoms with Gasteiger partial charge in [-0.2, -0.15) is 0 Å². The van der Waals surface area contributed by atoms with Crippen LogP contribution in [0.1, 0.15) is 6.92 Å². The van der Waals surface area contributed by atoms with E-state index in [9.17, 15) is 0 Å². The first kappa shape index (κ1) is 9.73. The first-order valence-electron chi connectivity index (χ1n) is 4.06. The summed E-state index contributed by atoms with van der Waals surface area (Å²) in [5, 5.41) is 9.12. The Bertz CT molecular complexity index is 259. The SMILES string of the molecule is CC(O)CN(C)c1cnc(N)cn1. The summed E-state index contributed by atoms with van der Waals surface area (Å²) >= 11 is 0. The molecule has 72 valence electrons. The summed E-state index contributed by atoms with van der Waals surface area (Å²) in [7, 11) is 1.84. The maximum atomic E-state index is 9.12. The van der Waals surface area contributed by atoms with Gasteiger partial charge >= 0.3 is 0 Å².